The predicted octanol–water partition coefficient (Wildman–Crippen LogP) is 2.88. The van der Waals surface area contributed by atoms with E-state index in [2.05, 4.69) is 0 Å². The predicted molar refractivity (Wildman–Crippen MR) is 74.6 cm³/mol. The van der Waals surface area contributed by atoms with Crippen LogP contribution >= 0.6 is 11.8 Å². The molecule has 1 amide bonds. The van der Waals surface area contributed by atoms with Crippen molar-refractivity contribution in [3.8, 4) is 0 Å². The van der Waals surface area contributed by atoms with Crippen molar-refractivity contribution in [1.82, 2.24) is 0 Å². The molecule has 0 saturated carbocycles. The molecule has 1 aliphatic rings. The topological polar surface area (TPSA) is 70.4 Å². The summed E-state index contributed by atoms with van der Waals surface area (Å²) in [6.07, 6.45) is -1.04. The first-order valence-electron chi connectivity index (χ1n) is 6.05. The molecule has 0 unspecified atom stereocenters. The van der Waals surface area contributed by atoms with Gasteiger partial charge >= 0.3 is 6.09 Å². The Morgan fingerprint density at radius 3 is 2.81 bits per heavy atom. The Kier molecular flexibility index (Phi) is 7.62. The summed E-state index contributed by atoms with van der Waals surface area (Å²) in [5.41, 5.74) is 7.60. The Bertz CT molecular complexity index is 544. The van der Waals surface area contributed by atoms with Gasteiger partial charge < -0.3 is 10.5 Å². The third-order valence-electron chi connectivity index (χ3n) is 2.76. The maximum atomic E-state index is 13.9. The van der Waals surface area contributed by atoms with E-state index in [1.807, 2.05) is 0 Å². The number of cyclic esters (lactones) is 1. The Morgan fingerprint density at radius 1 is 1.57 bits per heavy atom. The van der Waals surface area contributed by atoms with E-state index in [9.17, 15) is 14.0 Å². The standard InChI is InChI=1S/C13H14FN2O3S.Ac/c1-8(17)7-20-12-3-2-9(4-11(12)14)16-6-10(5-15)19-13(16)18;/h2-4,10,15H,5-7H2,1H3;/q-1;/t10-;/m0./s1. The molecule has 5 nitrogen and oxygen atoms in total. The van der Waals surface area contributed by atoms with Crippen molar-refractivity contribution in [2.75, 3.05) is 23.7 Å². The first-order chi connectivity index (χ1) is 9.51. The molecular formula is C13H14AcFN2O3S-. The zero-order valence-corrected chi connectivity index (χ0v) is 17.0. The molecule has 1 fully saturated rings. The first-order valence-corrected chi connectivity index (χ1v) is 7.04. The number of Topliss-reactive ketones (excluding diaryl/α,β-unsaturated/α-hetero) is 1. The maximum Gasteiger partial charge on any atom is 0.414 e. The number of nitrogens with zero attached hydrogens (tertiary/aromatic N) is 1. The fourth-order valence-corrected chi connectivity index (χ4v) is 2.51. The van der Waals surface area contributed by atoms with Gasteiger partial charge in [-0.2, -0.15) is 0 Å². The SMILES string of the molecule is CC(=O)CSc1ccc(N2C[C@H](C[NH-])OC2=O)cc1F.[Ac]. The molecule has 0 aliphatic carbocycles. The molecule has 1 N–H and O–H groups in total. The maximum absolute atomic E-state index is 13.9. The molecule has 111 valence electrons. The molecule has 0 aromatic heterocycles. The van der Waals surface area contributed by atoms with Crippen molar-refractivity contribution >= 4 is 29.3 Å². The monoisotopic (exact) mass is 524 g/mol. The molecule has 8 heteroatoms. The van der Waals surface area contributed by atoms with Crippen molar-refractivity contribution in [2.24, 2.45) is 0 Å². The number of benzene rings is 1. The second kappa shape index (κ2) is 8.47. The largest absolute Gasteiger partial charge is 0.674 e. The van der Waals surface area contributed by atoms with Gasteiger partial charge in [0.1, 0.15) is 17.7 Å². The van der Waals surface area contributed by atoms with Crippen LogP contribution < -0.4 is 4.90 Å². The van der Waals surface area contributed by atoms with Crippen LogP contribution in [-0.2, 0) is 9.53 Å². The van der Waals surface area contributed by atoms with E-state index >= 15 is 0 Å². The molecule has 1 radical (unpaired) electrons. The Morgan fingerprint density at radius 2 is 2.29 bits per heavy atom. The molecule has 1 atom stereocenters. The average molecular weight is 524 g/mol. The van der Waals surface area contributed by atoms with Crippen molar-refractivity contribution in [3.63, 3.8) is 0 Å². The Labute approximate surface area is 162 Å². The number of amides is 1. The van der Waals surface area contributed by atoms with Gasteiger partial charge in [0, 0.05) is 49.0 Å². The summed E-state index contributed by atoms with van der Waals surface area (Å²) < 4.78 is 18.9. The molecule has 1 heterocycles. The second-order valence-electron chi connectivity index (χ2n) is 4.43. The number of anilines is 1. The zero-order valence-electron chi connectivity index (χ0n) is 11.5. The summed E-state index contributed by atoms with van der Waals surface area (Å²) in [6.45, 7) is 1.68. The molecule has 21 heavy (non-hydrogen) atoms. The zero-order chi connectivity index (χ0) is 14.7. The van der Waals surface area contributed by atoms with E-state index < -0.39 is 18.0 Å². The second-order valence-corrected chi connectivity index (χ2v) is 5.44. The van der Waals surface area contributed by atoms with E-state index in [1.165, 1.54) is 17.9 Å². The van der Waals surface area contributed by atoms with Crippen LogP contribution in [0.2, 0.25) is 0 Å². The average Bonchev–Trinajstić information content (AvgIpc) is 2.78. The molecular weight excluding hydrogens is 510 g/mol. The quantitative estimate of drug-likeness (QED) is 0.556. The fraction of sp³-hybridized carbons (Fsp3) is 0.385. The summed E-state index contributed by atoms with van der Waals surface area (Å²) >= 11 is 1.12. The number of thioether (sulfide) groups is 1. The normalized spacial score (nSPS) is 17.4. The van der Waals surface area contributed by atoms with E-state index in [1.54, 1.807) is 12.1 Å². The number of rotatable bonds is 5. The number of hydrogen-bond donors (Lipinski definition) is 0. The number of nitrogens with one attached hydrogen (secondary N) is 1. The van der Waals surface area contributed by atoms with Gasteiger partial charge in [-0.05, 0) is 25.1 Å². The van der Waals surface area contributed by atoms with Crippen LogP contribution in [0.25, 0.3) is 5.73 Å². The van der Waals surface area contributed by atoms with Crippen LogP contribution in [0.4, 0.5) is 14.9 Å². The fourth-order valence-electron chi connectivity index (χ4n) is 1.79. The molecule has 0 bridgehead atoms. The van der Waals surface area contributed by atoms with Gasteiger partial charge in [0.2, 0.25) is 0 Å². The molecule has 1 aromatic rings. The van der Waals surface area contributed by atoms with E-state index in [0.717, 1.165) is 11.8 Å². The minimum absolute atomic E-state index is 0. The van der Waals surface area contributed by atoms with Gasteiger partial charge in [-0.3, -0.25) is 9.69 Å². The summed E-state index contributed by atoms with van der Waals surface area (Å²) in [5.74, 6) is -0.293. The summed E-state index contributed by atoms with van der Waals surface area (Å²) in [4.78, 5) is 24.2. The number of hydrogen-bond acceptors (Lipinski definition) is 4. The number of halogens is 1. The van der Waals surface area contributed by atoms with Gasteiger partial charge in [0.05, 0.1) is 18.0 Å². The first kappa shape index (κ1) is 18.9. The van der Waals surface area contributed by atoms with Gasteiger partial charge in [0.15, 0.2) is 0 Å². The van der Waals surface area contributed by atoms with E-state index in [-0.39, 0.29) is 68.7 Å². The van der Waals surface area contributed by atoms with Gasteiger partial charge in [-0.25, -0.2) is 9.18 Å². The van der Waals surface area contributed by atoms with Crippen LogP contribution in [0.3, 0.4) is 0 Å². The summed E-state index contributed by atoms with van der Waals surface area (Å²) in [5, 5.41) is 0. The third kappa shape index (κ3) is 4.92. The Balaban J connectivity index is 0.00000220. The third-order valence-corrected chi connectivity index (χ3v) is 3.95. The number of carbonyl (C=O) groups is 2. The van der Waals surface area contributed by atoms with Crippen molar-refractivity contribution < 1.29 is 62.8 Å². The van der Waals surface area contributed by atoms with Crippen LogP contribution in [0, 0.1) is 49.9 Å². The van der Waals surface area contributed by atoms with Gasteiger partial charge in [-0.1, -0.05) is 0 Å². The van der Waals surface area contributed by atoms with E-state index in [4.69, 9.17) is 10.5 Å². The summed E-state index contributed by atoms with van der Waals surface area (Å²) in [6, 6.07) is 4.40. The number of ether oxygens (including phenoxy) is 1. The van der Waals surface area contributed by atoms with Crippen molar-refractivity contribution in [1.29, 1.82) is 0 Å². The molecule has 1 aliphatic heterocycles. The minimum Gasteiger partial charge on any atom is -0.674 e. The Hall–Kier alpha value is -0.158. The number of ketones is 1. The molecule has 1 aromatic carbocycles. The van der Waals surface area contributed by atoms with Crippen LogP contribution in [-0.4, -0.2) is 36.8 Å². The van der Waals surface area contributed by atoms with Gasteiger partial charge in [-0.15, -0.1) is 18.3 Å². The van der Waals surface area contributed by atoms with Crippen LogP contribution in [0.5, 0.6) is 0 Å². The van der Waals surface area contributed by atoms with Crippen LogP contribution in [0.15, 0.2) is 23.1 Å². The van der Waals surface area contributed by atoms with Crippen molar-refractivity contribution in [2.45, 2.75) is 17.9 Å². The van der Waals surface area contributed by atoms with Crippen molar-refractivity contribution in [3.05, 3.63) is 29.7 Å². The van der Waals surface area contributed by atoms with E-state index in [0.29, 0.717) is 10.6 Å². The minimum atomic E-state index is -0.564. The van der Waals surface area contributed by atoms with Gasteiger partial charge in [0.25, 0.3) is 0 Å². The smallest absolute Gasteiger partial charge is 0.414 e. The summed E-state index contributed by atoms with van der Waals surface area (Å²) in [7, 11) is 0. The molecule has 0 spiro atoms. The molecule has 1 saturated heterocycles. The number of carbonyl (C=O) groups excluding carboxylic acids is 2. The molecule has 2 rings (SSSR count). The van der Waals surface area contributed by atoms with Crippen LogP contribution in [0.1, 0.15) is 6.92 Å².